The van der Waals surface area contributed by atoms with Crippen LogP contribution in [-0.4, -0.2) is 38.9 Å². The Morgan fingerprint density at radius 3 is 2.04 bits per heavy atom. The minimum Gasteiger partial charge on any atom is -0.368 e. The molecule has 2 aromatic carbocycles. The van der Waals surface area contributed by atoms with Crippen molar-refractivity contribution in [3.63, 3.8) is 0 Å². The number of benzene rings is 2. The Balaban J connectivity index is 1.81. The van der Waals surface area contributed by atoms with E-state index in [1.54, 1.807) is 6.07 Å². The molecular formula is C16H15ClF2N2O2S. The van der Waals surface area contributed by atoms with Gasteiger partial charge in [-0.3, -0.25) is 0 Å². The van der Waals surface area contributed by atoms with Crippen LogP contribution in [0.2, 0.25) is 5.02 Å². The zero-order valence-electron chi connectivity index (χ0n) is 12.6. The van der Waals surface area contributed by atoms with Crippen LogP contribution in [0.1, 0.15) is 0 Å². The van der Waals surface area contributed by atoms with Crippen LogP contribution in [-0.2, 0) is 10.0 Å². The van der Waals surface area contributed by atoms with Gasteiger partial charge < -0.3 is 4.90 Å². The number of piperazine rings is 1. The summed E-state index contributed by atoms with van der Waals surface area (Å²) in [6.45, 7) is 1.03. The topological polar surface area (TPSA) is 40.6 Å². The predicted octanol–water partition coefficient (Wildman–Crippen LogP) is 3.13. The fourth-order valence-corrected chi connectivity index (χ4v) is 4.52. The van der Waals surface area contributed by atoms with Crippen molar-refractivity contribution in [3.05, 3.63) is 59.1 Å². The highest BCUT2D eigenvalue weighted by Gasteiger charge is 2.33. The summed E-state index contributed by atoms with van der Waals surface area (Å²) in [6, 6.07) is 10.3. The smallest absolute Gasteiger partial charge is 0.249 e. The number of anilines is 1. The molecule has 2 aromatic rings. The van der Waals surface area contributed by atoms with Crippen molar-refractivity contribution in [1.82, 2.24) is 4.31 Å². The van der Waals surface area contributed by atoms with Crippen LogP contribution in [0, 0.1) is 11.6 Å². The van der Waals surface area contributed by atoms with Gasteiger partial charge in [-0.2, -0.15) is 4.31 Å². The van der Waals surface area contributed by atoms with Crippen LogP contribution >= 0.6 is 11.6 Å². The number of rotatable bonds is 3. The van der Waals surface area contributed by atoms with Gasteiger partial charge in [0.05, 0.1) is 10.7 Å². The summed E-state index contributed by atoms with van der Waals surface area (Å²) in [4.78, 5) is 1.06. The number of halogens is 3. The summed E-state index contributed by atoms with van der Waals surface area (Å²) >= 11 is 6.15. The van der Waals surface area contributed by atoms with E-state index in [-0.39, 0.29) is 13.1 Å². The third-order valence-electron chi connectivity index (χ3n) is 3.95. The molecule has 0 saturated carbocycles. The number of hydrogen-bond donors (Lipinski definition) is 0. The highest BCUT2D eigenvalue weighted by atomic mass is 35.5. The molecule has 0 aliphatic carbocycles. The molecular weight excluding hydrogens is 358 g/mol. The van der Waals surface area contributed by atoms with Gasteiger partial charge in [0.25, 0.3) is 0 Å². The van der Waals surface area contributed by atoms with Gasteiger partial charge in [0.2, 0.25) is 10.0 Å². The van der Waals surface area contributed by atoms with Crippen LogP contribution in [0.3, 0.4) is 0 Å². The maximum absolute atomic E-state index is 13.8. The van der Waals surface area contributed by atoms with Crippen LogP contribution in [0.25, 0.3) is 0 Å². The quantitative estimate of drug-likeness (QED) is 0.831. The molecule has 8 heteroatoms. The maximum atomic E-state index is 13.8. The molecule has 0 aromatic heterocycles. The van der Waals surface area contributed by atoms with Gasteiger partial charge in [0.1, 0.15) is 11.6 Å². The van der Waals surface area contributed by atoms with E-state index in [9.17, 15) is 17.2 Å². The highest BCUT2D eigenvalue weighted by Crippen LogP contribution is 2.28. The molecule has 1 aliphatic heterocycles. The molecule has 24 heavy (non-hydrogen) atoms. The lowest BCUT2D eigenvalue weighted by atomic mass is 10.2. The number of nitrogens with zero attached hydrogens (tertiary/aromatic N) is 2. The first-order chi connectivity index (χ1) is 11.4. The van der Waals surface area contributed by atoms with Gasteiger partial charge in [-0.25, -0.2) is 17.2 Å². The summed E-state index contributed by atoms with van der Waals surface area (Å²) in [5, 5.41) is 0.578. The summed E-state index contributed by atoms with van der Waals surface area (Å²) in [5.74, 6) is -2.16. The molecule has 1 aliphatic rings. The third-order valence-corrected chi connectivity index (χ3v) is 6.22. The third kappa shape index (κ3) is 3.11. The molecule has 128 valence electrons. The van der Waals surface area contributed by atoms with E-state index >= 15 is 0 Å². The highest BCUT2D eigenvalue weighted by molar-refractivity contribution is 7.89. The lowest BCUT2D eigenvalue weighted by Crippen LogP contribution is -2.49. The fourth-order valence-electron chi connectivity index (χ4n) is 2.74. The van der Waals surface area contributed by atoms with Gasteiger partial charge >= 0.3 is 0 Å². The first-order valence-corrected chi connectivity index (χ1v) is 9.16. The Bertz CT molecular complexity index is 833. The minimum absolute atomic E-state index is 0.126. The average molecular weight is 373 g/mol. The summed E-state index contributed by atoms with van der Waals surface area (Å²) in [5.41, 5.74) is 0.813. The first kappa shape index (κ1) is 17.1. The number of para-hydroxylation sites is 1. The van der Waals surface area contributed by atoms with E-state index in [0.29, 0.717) is 18.1 Å². The summed E-state index contributed by atoms with van der Waals surface area (Å²) in [6.07, 6.45) is 0. The van der Waals surface area contributed by atoms with Gasteiger partial charge in [-0.15, -0.1) is 0 Å². The Morgan fingerprint density at radius 2 is 1.46 bits per heavy atom. The molecule has 1 fully saturated rings. The molecule has 3 rings (SSSR count). The standard InChI is InChI=1S/C16H15ClF2N2O2S/c17-12-4-1-2-7-15(12)20-8-10-21(11-9-20)24(22,23)16-13(18)5-3-6-14(16)19/h1-7H,8-11H2. The fraction of sp³-hybridized carbons (Fsp3) is 0.250. The zero-order valence-corrected chi connectivity index (χ0v) is 14.2. The molecule has 0 unspecified atom stereocenters. The van der Waals surface area contributed by atoms with E-state index in [2.05, 4.69) is 0 Å². The van der Waals surface area contributed by atoms with Crippen molar-refractivity contribution in [2.75, 3.05) is 31.1 Å². The second kappa shape index (κ2) is 6.66. The van der Waals surface area contributed by atoms with Gasteiger partial charge in [-0.05, 0) is 24.3 Å². The van der Waals surface area contributed by atoms with Gasteiger partial charge in [0.15, 0.2) is 4.90 Å². The van der Waals surface area contributed by atoms with Crippen LogP contribution in [0.4, 0.5) is 14.5 Å². The lowest BCUT2D eigenvalue weighted by molar-refractivity contribution is 0.378. The average Bonchev–Trinajstić information content (AvgIpc) is 2.55. The molecule has 0 spiro atoms. The normalized spacial score (nSPS) is 16.4. The predicted molar refractivity (Wildman–Crippen MR) is 88.8 cm³/mol. The molecule has 1 heterocycles. The molecule has 0 amide bonds. The van der Waals surface area contributed by atoms with Gasteiger partial charge in [-0.1, -0.05) is 29.8 Å². The van der Waals surface area contributed by atoms with E-state index in [0.717, 1.165) is 28.2 Å². The Kier molecular flexibility index (Phi) is 4.76. The van der Waals surface area contributed by atoms with Crippen molar-refractivity contribution in [2.24, 2.45) is 0 Å². The first-order valence-electron chi connectivity index (χ1n) is 7.35. The molecule has 1 saturated heterocycles. The molecule has 0 atom stereocenters. The molecule has 4 nitrogen and oxygen atoms in total. The molecule has 0 bridgehead atoms. The molecule has 0 radical (unpaired) electrons. The van der Waals surface area contributed by atoms with Crippen LogP contribution < -0.4 is 4.90 Å². The number of sulfonamides is 1. The summed E-state index contributed by atoms with van der Waals surface area (Å²) < 4.78 is 53.8. The number of hydrogen-bond acceptors (Lipinski definition) is 3. The maximum Gasteiger partial charge on any atom is 0.249 e. The van der Waals surface area contributed by atoms with E-state index in [1.807, 2.05) is 23.1 Å². The van der Waals surface area contributed by atoms with Gasteiger partial charge in [0, 0.05) is 26.2 Å². The van der Waals surface area contributed by atoms with E-state index in [1.165, 1.54) is 0 Å². The summed E-state index contributed by atoms with van der Waals surface area (Å²) in [7, 11) is -4.22. The van der Waals surface area contributed by atoms with Crippen molar-refractivity contribution in [1.29, 1.82) is 0 Å². The van der Waals surface area contributed by atoms with Crippen molar-refractivity contribution >= 4 is 27.3 Å². The monoisotopic (exact) mass is 372 g/mol. The SMILES string of the molecule is O=S(=O)(c1c(F)cccc1F)N1CCN(c2ccccc2Cl)CC1. The second-order valence-corrected chi connectivity index (χ2v) is 7.68. The van der Waals surface area contributed by atoms with Crippen molar-refractivity contribution < 1.29 is 17.2 Å². The lowest BCUT2D eigenvalue weighted by Gasteiger charge is -2.35. The zero-order chi connectivity index (χ0) is 17.3. The Hall–Kier alpha value is -1.70. The Labute approximate surface area is 144 Å². The largest absolute Gasteiger partial charge is 0.368 e. The van der Waals surface area contributed by atoms with Crippen molar-refractivity contribution in [3.8, 4) is 0 Å². The minimum atomic E-state index is -4.22. The molecule has 0 N–H and O–H groups in total. The van der Waals surface area contributed by atoms with Crippen molar-refractivity contribution in [2.45, 2.75) is 4.90 Å². The van der Waals surface area contributed by atoms with E-state index < -0.39 is 26.6 Å². The Morgan fingerprint density at radius 1 is 0.875 bits per heavy atom. The van der Waals surface area contributed by atoms with E-state index in [4.69, 9.17) is 11.6 Å². The second-order valence-electron chi connectivity index (χ2n) is 5.39. The van der Waals surface area contributed by atoms with Crippen LogP contribution in [0.5, 0.6) is 0 Å². The van der Waals surface area contributed by atoms with Crippen LogP contribution in [0.15, 0.2) is 47.4 Å².